The second-order valence-corrected chi connectivity index (χ2v) is 5.56. The molecule has 6 nitrogen and oxygen atoms in total. The SMILES string of the molecule is Nc1cnn(Cc2nc(C3CCCCCCC3)no2)c1. The van der Waals surface area contributed by atoms with Gasteiger partial charge in [0.1, 0.15) is 6.54 Å². The average molecular weight is 275 g/mol. The summed E-state index contributed by atoms with van der Waals surface area (Å²) in [5.74, 6) is 1.92. The van der Waals surface area contributed by atoms with E-state index in [9.17, 15) is 0 Å². The minimum atomic E-state index is 0.454. The van der Waals surface area contributed by atoms with Gasteiger partial charge in [-0.1, -0.05) is 37.3 Å². The molecule has 6 heteroatoms. The first-order valence-corrected chi connectivity index (χ1v) is 7.41. The molecule has 2 N–H and O–H groups in total. The summed E-state index contributed by atoms with van der Waals surface area (Å²) in [6, 6.07) is 0. The maximum absolute atomic E-state index is 5.64. The van der Waals surface area contributed by atoms with E-state index in [-0.39, 0.29) is 0 Å². The molecule has 0 aromatic carbocycles. The second-order valence-electron chi connectivity index (χ2n) is 5.56. The molecule has 1 aliphatic rings. The highest BCUT2D eigenvalue weighted by molar-refractivity contribution is 5.30. The molecule has 2 aromatic heterocycles. The molecular formula is C14H21N5O. The number of anilines is 1. The number of rotatable bonds is 3. The van der Waals surface area contributed by atoms with E-state index in [1.54, 1.807) is 17.1 Å². The molecule has 0 amide bonds. The fourth-order valence-corrected chi connectivity index (χ4v) is 2.82. The molecule has 20 heavy (non-hydrogen) atoms. The summed E-state index contributed by atoms with van der Waals surface area (Å²) < 4.78 is 7.05. The summed E-state index contributed by atoms with van der Waals surface area (Å²) in [4.78, 5) is 4.53. The summed E-state index contributed by atoms with van der Waals surface area (Å²) in [6.07, 6.45) is 12.3. The highest BCUT2D eigenvalue weighted by Gasteiger charge is 2.19. The average Bonchev–Trinajstić information content (AvgIpc) is 2.99. The molecular weight excluding hydrogens is 254 g/mol. The van der Waals surface area contributed by atoms with Crippen molar-refractivity contribution in [2.24, 2.45) is 0 Å². The Labute approximate surface area is 118 Å². The fraction of sp³-hybridized carbons (Fsp3) is 0.643. The zero-order valence-corrected chi connectivity index (χ0v) is 11.7. The van der Waals surface area contributed by atoms with Gasteiger partial charge in [0.15, 0.2) is 5.82 Å². The minimum Gasteiger partial charge on any atom is -0.396 e. The van der Waals surface area contributed by atoms with E-state index in [4.69, 9.17) is 10.3 Å². The van der Waals surface area contributed by atoms with Gasteiger partial charge in [0.05, 0.1) is 11.9 Å². The molecule has 0 saturated heterocycles. The lowest BCUT2D eigenvalue weighted by Crippen LogP contribution is -2.05. The molecule has 0 bridgehead atoms. The van der Waals surface area contributed by atoms with Crippen molar-refractivity contribution in [1.82, 2.24) is 19.9 Å². The summed E-state index contributed by atoms with van der Waals surface area (Å²) in [5, 5.41) is 8.28. The van der Waals surface area contributed by atoms with Crippen molar-refractivity contribution < 1.29 is 4.52 Å². The van der Waals surface area contributed by atoms with Crippen molar-refractivity contribution in [1.29, 1.82) is 0 Å². The number of hydrogen-bond acceptors (Lipinski definition) is 5. The number of nitrogens with two attached hydrogens (primary N) is 1. The Hall–Kier alpha value is -1.85. The van der Waals surface area contributed by atoms with Crippen LogP contribution < -0.4 is 5.73 Å². The van der Waals surface area contributed by atoms with Crippen molar-refractivity contribution >= 4 is 5.69 Å². The number of nitrogens with zero attached hydrogens (tertiary/aromatic N) is 4. The van der Waals surface area contributed by atoms with Gasteiger partial charge in [0.25, 0.3) is 0 Å². The first kappa shape index (κ1) is 13.1. The smallest absolute Gasteiger partial charge is 0.248 e. The highest BCUT2D eigenvalue weighted by atomic mass is 16.5. The molecule has 0 spiro atoms. The Morgan fingerprint density at radius 1 is 1.20 bits per heavy atom. The molecule has 2 aromatic rings. The molecule has 1 fully saturated rings. The van der Waals surface area contributed by atoms with Crippen LogP contribution in [-0.2, 0) is 6.54 Å². The van der Waals surface area contributed by atoms with Crippen LogP contribution in [0.3, 0.4) is 0 Å². The highest BCUT2D eigenvalue weighted by Crippen LogP contribution is 2.29. The predicted octanol–water partition coefficient (Wildman–Crippen LogP) is 2.72. The van der Waals surface area contributed by atoms with Gasteiger partial charge in [-0.25, -0.2) is 0 Å². The summed E-state index contributed by atoms with van der Waals surface area (Å²) >= 11 is 0. The third-order valence-electron chi connectivity index (χ3n) is 3.90. The van der Waals surface area contributed by atoms with Gasteiger partial charge in [-0.2, -0.15) is 10.1 Å². The minimum absolute atomic E-state index is 0.454. The first-order valence-electron chi connectivity index (χ1n) is 7.41. The van der Waals surface area contributed by atoms with Crippen LogP contribution in [0.15, 0.2) is 16.9 Å². The van der Waals surface area contributed by atoms with Crippen LogP contribution in [0.4, 0.5) is 5.69 Å². The normalized spacial score (nSPS) is 17.8. The summed E-state index contributed by atoms with van der Waals surface area (Å²) in [7, 11) is 0. The molecule has 108 valence electrons. The van der Waals surface area contributed by atoms with Crippen molar-refractivity contribution in [3.05, 3.63) is 24.1 Å². The zero-order valence-electron chi connectivity index (χ0n) is 11.7. The first-order chi connectivity index (χ1) is 9.81. The summed E-state index contributed by atoms with van der Waals surface area (Å²) in [5.41, 5.74) is 6.28. The van der Waals surface area contributed by atoms with E-state index in [1.165, 1.54) is 44.9 Å². The predicted molar refractivity (Wildman–Crippen MR) is 75.1 cm³/mol. The molecule has 0 atom stereocenters. The Morgan fingerprint density at radius 3 is 2.65 bits per heavy atom. The van der Waals surface area contributed by atoms with Crippen LogP contribution in [0, 0.1) is 0 Å². The van der Waals surface area contributed by atoms with Gasteiger partial charge in [0, 0.05) is 12.1 Å². The lowest BCUT2D eigenvalue weighted by molar-refractivity contribution is 0.352. The maximum Gasteiger partial charge on any atom is 0.248 e. The fourth-order valence-electron chi connectivity index (χ4n) is 2.82. The monoisotopic (exact) mass is 275 g/mol. The maximum atomic E-state index is 5.64. The second kappa shape index (κ2) is 6.07. The van der Waals surface area contributed by atoms with E-state index >= 15 is 0 Å². The van der Waals surface area contributed by atoms with Crippen LogP contribution in [0.25, 0.3) is 0 Å². The third-order valence-corrected chi connectivity index (χ3v) is 3.90. The summed E-state index contributed by atoms with van der Waals surface area (Å²) in [6.45, 7) is 0.483. The zero-order chi connectivity index (χ0) is 13.8. The van der Waals surface area contributed by atoms with Gasteiger partial charge < -0.3 is 10.3 Å². The van der Waals surface area contributed by atoms with Crippen LogP contribution in [0.1, 0.15) is 62.6 Å². The van der Waals surface area contributed by atoms with Gasteiger partial charge >= 0.3 is 0 Å². The Bertz CT molecular complexity index is 539. The van der Waals surface area contributed by atoms with Crippen molar-refractivity contribution in [2.75, 3.05) is 5.73 Å². The van der Waals surface area contributed by atoms with E-state index in [1.807, 2.05) is 0 Å². The molecule has 0 radical (unpaired) electrons. The van der Waals surface area contributed by atoms with Crippen LogP contribution in [0.2, 0.25) is 0 Å². The molecule has 2 heterocycles. The van der Waals surface area contributed by atoms with Crippen molar-refractivity contribution in [3.63, 3.8) is 0 Å². The standard InChI is InChI=1S/C14H21N5O/c15-12-8-16-19(9-12)10-13-17-14(18-20-13)11-6-4-2-1-3-5-7-11/h8-9,11H,1-7,10,15H2. The lowest BCUT2D eigenvalue weighted by Gasteiger charge is -2.15. The molecule has 3 rings (SSSR count). The van der Waals surface area contributed by atoms with Crippen LogP contribution in [-0.4, -0.2) is 19.9 Å². The number of aromatic nitrogens is 4. The Balaban J connectivity index is 1.65. The lowest BCUT2D eigenvalue weighted by atomic mass is 9.91. The van der Waals surface area contributed by atoms with Crippen LogP contribution in [0.5, 0.6) is 0 Å². The van der Waals surface area contributed by atoms with Crippen molar-refractivity contribution in [2.45, 2.75) is 57.4 Å². The van der Waals surface area contributed by atoms with E-state index in [0.717, 1.165) is 5.82 Å². The van der Waals surface area contributed by atoms with Gasteiger partial charge in [-0.05, 0) is 12.8 Å². The van der Waals surface area contributed by atoms with Gasteiger partial charge in [-0.15, -0.1) is 0 Å². The molecule has 1 saturated carbocycles. The van der Waals surface area contributed by atoms with Gasteiger partial charge in [-0.3, -0.25) is 4.68 Å². The number of hydrogen-bond donors (Lipinski definition) is 1. The topological polar surface area (TPSA) is 82.8 Å². The number of nitrogen functional groups attached to an aromatic ring is 1. The van der Waals surface area contributed by atoms with E-state index < -0.39 is 0 Å². The molecule has 0 aliphatic heterocycles. The van der Waals surface area contributed by atoms with Gasteiger partial charge in [0.2, 0.25) is 5.89 Å². The van der Waals surface area contributed by atoms with E-state index in [0.29, 0.717) is 24.0 Å². The Kier molecular flexibility index (Phi) is 3.99. The molecule has 1 aliphatic carbocycles. The van der Waals surface area contributed by atoms with E-state index in [2.05, 4.69) is 15.2 Å². The molecule has 0 unspecified atom stereocenters. The van der Waals surface area contributed by atoms with Crippen molar-refractivity contribution in [3.8, 4) is 0 Å². The largest absolute Gasteiger partial charge is 0.396 e. The third kappa shape index (κ3) is 3.18. The quantitative estimate of drug-likeness (QED) is 0.931. The Morgan fingerprint density at radius 2 is 1.95 bits per heavy atom. The van der Waals surface area contributed by atoms with Crippen LogP contribution >= 0.6 is 0 Å².